The van der Waals surface area contributed by atoms with Gasteiger partial charge in [-0.25, -0.2) is 4.79 Å². The van der Waals surface area contributed by atoms with Crippen LogP contribution in [0.4, 0.5) is 4.79 Å². The first-order valence-corrected chi connectivity index (χ1v) is 5.51. The summed E-state index contributed by atoms with van der Waals surface area (Å²) in [5.41, 5.74) is 5.52. The van der Waals surface area contributed by atoms with Crippen molar-refractivity contribution in [1.29, 1.82) is 0 Å². The van der Waals surface area contributed by atoms with E-state index in [-0.39, 0.29) is 17.6 Å². The van der Waals surface area contributed by atoms with Gasteiger partial charge in [0.1, 0.15) is 0 Å². The summed E-state index contributed by atoms with van der Waals surface area (Å²) in [4.78, 5) is 12.8. The van der Waals surface area contributed by atoms with Crippen LogP contribution in [-0.2, 0) is 0 Å². The first kappa shape index (κ1) is 12.3. The second-order valence-electron chi connectivity index (χ2n) is 5.60. The van der Waals surface area contributed by atoms with E-state index in [0.717, 1.165) is 12.8 Å². The van der Waals surface area contributed by atoms with Crippen LogP contribution in [-0.4, -0.2) is 33.7 Å². The van der Waals surface area contributed by atoms with Gasteiger partial charge in [0.15, 0.2) is 0 Å². The highest BCUT2D eigenvalue weighted by Crippen LogP contribution is 2.33. The van der Waals surface area contributed by atoms with Crippen molar-refractivity contribution in [1.82, 2.24) is 4.90 Å². The molecule has 1 aliphatic rings. The third-order valence-corrected chi connectivity index (χ3v) is 3.14. The van der Waals surface area contributed by atoms with Gasteiger partial charge in [0, 0.05) is 17.6 Å². The lowest BCUT2D eigenvalue weighted by molar-refractivity contribution is 0.0593. The second-order valence-corrected chi connectivity index (χ2v) is 5.60. The summed E-state index contributed by atoms with van der Waals surface area (Å²) in [6.07, 6.45) is 0.864. The molecule has 0 radical (unpaired) electrons. The molecule has 0 aromatic carbocycles. The number of hydrogen-bond acceptors (Lipinski definition) is 2. The van der Waals surface area contributed by atoms with Gasteiger partial charge in [-0.3, -0.25) is 0 Å². The summed E-state index contributed by atoms with van der Waals surface area (Å²) >= 11 is 0. The third kappa shape index (κ3) is 2.62. The summed E-state index contributed by atoms with van der Waals surface area (Å²) in [5, 5.41) is 9.26. The minimum Gasteiger partial charge on any atom is -0.465 e. The molecule has 0 spiro atoms. The fraction of sp³-hybridized carbons (Fsp3) is 0.909. The molecule has 0 heterocycles. The van der Waals surface area contributed by atoms with E-state index in [1.165, 1.54) is 0 Å². The molecule has 1 saturated carbocycles. The van der Waals surface area contributed by atoms with Crippen LogP contribution in [0.1, 0.15) is 40.5 Å². The van der Waals surface area contributed by atoms with Crippen molar-refractivity contribution in [3.8, 4) is 0 Å². The largest absolute Gasteiger partial charge is 0.465 e. The predicted molar refractivity (Wildman–Crippen MR) is 59.8 cm³/mol. The van der Waals surface area contributed by atoms with Gasteiger partial charge in [0.2, 0.25) is 0 Å². The Morgan fingerprint density at radius 3 is 2.20 bits per heavy atom. The second kappa shape index (κ2) is 4.00. The number of carboxylic acid groups (broad SMARTS) is 1. The zero-order valence-corrected chi connectivity index (χ0v) is 10.0. The standard InChI is InChI=1S/C11H22N2O2/c1-7-5-8(12)6-9(7)13(10(14)15)11(2,3)4/h7-9H,5-6,12H2,1-4H3,(H,14,15)/t7-,8+,9-/m0/s1. The highest BCUT2D eigenvalue weighted by Gasteiger charge is 2.40. The van der Waals surface area contributed by atoms with Gasteiger partial charge < -0.3 is 15.7 Å². The van der Waals surface area contributed by atoms with E-state index in [2.05, 4.69) is 6.92 Å². The SMILES string of the molecule is C[C@H]1C[C@@H](N)C[C@@H]1N(C(=O)O)C(C)(C)C. The lowest BCUT2D eigenvalue weighted by atomic mass is 9.98. The maximum absolute atomic E-state index is 11.3. The Morgan fingerprint density at radius 1 is 1.40 bits per heavy atom. The maximum atomic E-state index is 11.3. The highest BCUT2D eigenvalue weighted by molar-refractivity contribution is 5.66. The Balaban J connectivity index is 2.86. The Morgan fingerprint density at radius 2 is 1.93 bits per heavy atom. The number of amides is 1. The van der Waals surface area contributed by atoms with Crippen LogP contribution in [0, 0.1) is 5.92 Å². The van der Waals surface area contributed by atoms with Crippen molar-refractivity contribution in [2.24, 2.45) is 11.7 Å². The van der Waals surface area contributed by atoms with E-state index in [9.17, 15) is 9.90 Å². The van der Waals surface area contributed by atoms with Gasteiger partial charge in [0.05, 0.1) is 0 Å². The molecule has 0 saturated heterocycles. The number of nitrogens with two attached hydrogens (primary N) is 1. The van der Waals surface area contributed by atoms with Crippen LogP contribution in [0.5, 0.6) is 0 Å². The van der Waals surface area contributed by atoms with E-state index in [1.54, 1.807) is 4.90 Å². The Hall–Kier alpha value is -0.770. The monoisotopic (exact) mass is 214 g/mol. The Kier molecular flexibility index (Phi) is 3.28. The summed E-state index contributed by atoms with van der Waals surface area (Å²) in [6.45, 7) is 7.87. The molecule has 88 valence electrons. The van der Waals surface area contributed by atoms with Gasteiger partial charge in [-0.1, -0.05) is 6.92 Å². The predicted octanol–water partition coefficient (Wildman–Crippen LogP) is 1.89. The van der Waals surface area contributed by atoms with Crippen molar-refractivity contribution in [2.75, 3.05) is 0 Å². The number of hydrogen-bond donors (Lipinski definition) is 2. The van der Waals surface area contributed by atoms with Crippen molar-refractivity contribution >= 4 is 6.09 Å². The third-order valence-electron chi connectivity index (χ3n) is 3.14. The summed E-state index contributed by atoms with van der Waals surface area (Å²) < 4.78 is 0. The fourth-order valence-corrected chi connectivity index (χ4v) is 2.56. The summed E-state index contributed by atoms with van der Waals surface area (Å²) in [7, 11) is 0. The molecule has 1 amide bonds. The lowest BCUT2D eigenvalue weighted by Gasteiger charge is -2.39. The molecular formula is C11H22N2O2. The van der Waals surface area contributed by atoms with Gasteiger partial charge in [0.25, 0.3) is 0 Å². The van der Waals surface area contributed by atoms with Crippen molar-refractivity contribution in [3.63, 3.8) is 0 Å². The molecule has 3 atom stereocenters. The minimum atomic E-state index is -0.839. The first-order valence-electron chi connectivity index (χ1n) is 5.51. The van der Waals surface area contributed by atoms with E-state index in [1.807, 2.05) is 20.8 Å². The molecule has 0 unspecified atom stereocenters. The van der Waals surface area contributed by atoms with Crippen molar-refractivity contribution < 1.29 is 9.90 Å². The summed E-state index contributed by atoms with van der Waals surface area (Å²) in [5.74, 6) is 0.357. The van der Waals surface area contributed by atoms with Crippen molar-refractivity contribution in [3.05, 3.63) is 0 Å². The average Bonchev–Trinajstić information content (AvgIpc) is 2.26. The normalized spacial score (nSPS) is 31.7. The topological polar surface area (TPSA) is 66.6 Å². The number of rotatable bonds is 1. The molecule has 4 nitrogen and oxygen atoms in total. The van der Waals surface area contributed by atoms with Gasteiger partial charge in [-0.15, -0.1) is 0 Å². The molecule has 0 aliphatic heterocycles. The zero-order chi connectivity index (χ0) is 11.8. The van der Waals surface area contributed by atoms with Crippen LogP contribution in [0.15, 0.2) is 0 Å². The van der Waals surface area contributed by atoms with Crippen LogP contribution < -0.4 is 5.73 Å². The molecule has 15 heavy (non-hydrogen) atoms. The van der Waals surface area contributed by atoms with Crippen LogP contribution in [0.2, 0.25) is 0 Å². The molecule has 3 N–H and O–H groups in total. The van der Waals surface area contributed by atoms with E-state index >= 15 is 0 Å². The molecule has 0 aromatic heterocycles. The molecule has 1 fully saturated rings. The molecule has 1 rings (SSSR count). The van der Waals surface area contributed by atoms with Crippen molar-refractivity contribution in [2.45, 2.75) is 58.2 Å². The molecule has 0 bridgehead atoms. The van der Waals surface area contributed by atoms with E-state index in [4.69, 9.17) is 5.73 Å². The van der Waals surface area contributed by atoms with Gasteiger partial charge in [-0.05, 0) is 39.5 Å². The van der Waals surface area contributed by atoms with Crippen LogP contribution >= 0.6 is 0 Å². The Labute approximate surface area is 91.4 Å². The summed E-state index contributed by atoms with van der Waals surface area (Å²) in [6, 6.07) is 0.215. The minimum absolute atomic E-state index is 0.0671. The van der Waals surface area contributed by atoms with E-state index in [0.29, 0.717) is 5.92 Å². The van der Waals surface area contributed by atoms with Gasteiger partial charge in [-0.2, -0.15) is 0 Å². The lowest BCUT2D eigenvalue weighted by Crippen LogP contribution is -2.52. The molecular weight excluding hydrogens is 192 g/mol. The molecule has 4 heteroatoms. The number of carbonyl (C=O) groups is 1. The smallest absolute Gasteiger partial charge is 0.407 e. The first-order chi connectivity index (χ1) is 6.73. The molecule has 0 aromatic rings. The van der Waals surface area contributed by atoms with Crippen LogP contribution in [0.3, 0.4) is 0 Å². The fourth-order valence-electron chi connectivity index (χ4n) is 2.56. The highest BCUT2D eigenvalue weighted by atomic mass is 16.4. The van der Waals surface area contributed by atoms with Crippen LogP contribution in [0.25, 0.3) is 0 Å². The Bertz CT molecular complexity index is 247. The zero-order valence-electron chi connectivity index (χ0n) is 10.0. The average molecular weight is 214 g/mol. The molecule has 1 aliphatic carbocycles. The van der Waals surface area contributed by atoms with Gasteiger partial charge >= 0.3 is 6.09 Å². The quantitative estimate of drug-likeness (QED) is 0.700. The number of nitrogens with zero attached hydrogens (tertiary/aromatic N) is 1. The maximum Gasteiger partial charge on any atom is 0.407 e. The van der Waals surface area contributed by atoms with E-state index < -0.39 is 6.09 Å².